The molecule has 0 saturated heterocycles. The third kappa shape index (κ3) is 3.18. The Kier molecular flexibility index (Phi) is 4.29. The van der Waals surface area contributed by atoms with Crippen LogP contribution in [-0.2, 0) is 5.75 Å². The summed E-state index contributed by atoms with van der Waals surface area (Å²) in [6.45, 7) is 0. The minimum absolute atomic E-state index is 0.249. The van der Waals surface area contributed by atoms with Crippen LogP contribution < -0.4 is 5.56 Å². The lowest BCUT2D eigenvalue weighted by atomic mass is 10.1. The number of aromatic nitrogens is 2. The molecule has 4 aromatic rings. The second-order valence-corrected chi connectivity index (χ2v) is 6.76. The Hall–Kier alpha value is -2.57. The number of hydrogen-bond acceptors (Lipinski definition) is 5. The van der Waals surface area contributed by atoms with Crippen LogP contribution in [0.1, 0.15) is 17.5 Å². The van der Waals surface area contributed by atoms with Crippen LogP contribution in [0, 0.1) is 0 Å². The minimum Gasteiger partial charge on any atom is -0.449 e. The van der Waals surface area contributed by atoms with Gasteiger partial charge < -0.3 is 14.5 Å². The summed E-state index contributed by atoms with van der Waals surface area (Å²) in [5.74, 6) is 1.61. The summed E-state index contributed by atoms with van der Waals surface area (Å²) in [6.07, 6.45) is -0.545. The molecule has 2 aromatic heterocycles. The second kappa shape index (κ2) is 6.74. The summed E-state index contributed by atoms with van der Waals surface area (Å²) in [5.41, 5.74) is 2.09. The Labute approximate surface area is 147 Å². The summed E-state index contributed by atoms with van der Waals surface area (Å²) < 4.78 is 5.59. The highest BCUT2D eigenvalue weighted by Crippen LogP contribution is 2.25. The molecule has 1 atom stereocenters. The molecule has 0 amide bonds. The number of rotatable bonds is 5. The molecule has 126 valence electrons. The van der Waals surface area contributed by atoms with Gasteiger partial charge in [-0.2, -0.15) is 11.8 Å². The first-order valence-corrected chi connectivity index (χ1v) is 9.09. The highest BCUT2D eigenvalue weighted by Gasteiger charge is 2.13. The maximum Gasteiger partial charge on any atom is 0.294 e. The van der Waals surface area contributed by atoms with Crippen molar-refractivity contribution in [3.63, 3.8) is 0 Å². The van der Waals surface area contributed by atoms with Gasteiger partial charge in [0, 0.05) is 11.1 Å². The number of nitrogens with one attached hydrogen (secondary N) is 1. The van der Waals surface area contributed by atoms with Crippen LogP contribution >= 0.6 is 11.8 Å². The van der Waals surface area contributed by atoms with Crippen molar-refractivity contribution in [2.24, 2.45) is 0 Å². The van der Waals surface area contributed by atoms with Crippen LogP contribution in [0.3, 0.4) is 0 Å². The number of H-pyrrole nitrogens is 1. The van der Waals surface area contributed by atoms with E-state index in [1.54, 1.807) is 0 Å². The van der Waals surface area contributed by atoms with Crippen molar-refractivity contribution in [2.75, 3.05) is 5.75 Å². The number of benzene rings is 2. The number of nitrogens with zero attached hydrogens (tertiary/aromatic N) is 1. The molecule has 0 bridgehead atoms. The molecule has 25 heavy (non-hydrogen) atoms. The van der Waals surface area contributed by atoms with E-state index in [0.717, 1.165) is 10.9 Å². The molecule has 0 radical (unpaired) electrons. The topological polar surface area (TPSA) is 79.1 Å². The van der Waals surface area contributed by atoms with Gasteiger partial charge in [-0.05, 0) is 17.7 Å². The Morgan fingerprint density at radius 2 is 1.88 bits per heavy atom. The molecule has 2 aromatic carbocycles. The lowest BCUT2D eigenvalue weighted by Gasteiger charge is -2.10. The van der Waals surface area contributed by atoms with E-state index in [2.05, 4.69) is 9.97 Å². The molecule has 4 rings (SSSR count). The largest absolute Gasteiger partial charge is 0.449 e. The molecule has 5 nitrogen and oxygen atoms in total. The zero-order chi connectivity index (χ0) is 17.2. The van der Waals surface area contributed by atoms with E-state index in [4.69, 9.17) is 4.42 Å². The van der Waals surface area contributed by atoms with Crippen molar-refractivity contribution < 1.29 is 9.52 Å². The number of aliphatic hydroxyl groups is 1. The standard InChI is InChI=1S/C19H16N2O3S/c22-14(12-6-2-1-3-7-12)10-25-11-16-20-17-13-8-4-5-9-15(13)24-18(17)19(23)21-16/h1-9,14,22H,10-11H2,(H,20,21,23). The summed E-state index contributed by atoms with van der Waals surface area (Å²) in [7, 11) is 0. The number of furan rings is 1. The molecule has 0 fully saturated rings. The van der Waals surface area contributed by atoms with Gasteiger partial charge in [0.1, 0.15) is 16.9 Å². The Balaban J connectivity index is 1.54. The maximum absolute atomic E-state index is 12.2. The van der Waals surface area contributed by atoms with Crippen molar-refractivity contribution >= 4 is 33.8 Å². The predicted molar refractivity (Wildman–Crippen MR) is 99.7 cm³/mol. The number of fused-ring (bicyclic) bond motifs is 3. The van der Waals surface area contributed by atoms with E-state index in [-0.39, 0.29) is 11.1 Å². The van der Waals surface area contributed by atoms with Crippen LogP contribution in [0.4, 0.5) is 0 Å². The Morgan fingerprint density at radius 1 is 1.12 bits per heavy atom. The maximum atomic E-state index is 12.2. The SMILES string of the molecule is O=c1[nH]c(CSCC(O)c2ccccc2)nc2c1oc1ccccc12. The Morgan fingerprint density at radius 3 is 2.72 bits per heavy atom. The predicted octanol–water partition coefficient (Wildman–Crippen LogP) is 3.64. The van der Waals surface area contributed by atoms with Crippen LogP contribution in [0.5, 0.6) is 0 Å². The van der Waals surface area contributed by atoms with Crippen molar-refractivity contribution in [3.05, 3.63) is 76.3 Å². The monoisotopic (exact) mass is 352 g/mol. The lowest BCUT2D eigenvalue weighted by molar-refractivity contribution is 0.204. The van der Waals surface area contributed by atoms with Crippen LogP contribution in [0.15, 0.2) is 63.8 Å². The Bertz CT molecular complexity index is 1070. The first-order valence-electron chi connectivity index (χ1n) is 7.93. The van der Waals surface area contributed by atoms with Gasteiger partial charge in [-0.1, -0.05) is 42.5 Å². The van der Waals surface area contributed by atoms with Gasteiger partial charge in [-0.3, -0.25) is 4.79 Å². The minimum atomic E-state index is -0.545. The van der Waals surface area contributed by atoms with Crippen LogP contribution in [0.25, 0.3) is 22.1 Å². The molecular weight excluding hydrogens is 336 g/mol. The molecule has 1 unspecified atom stereocenters. The molecule has 0 aliphatic carbocycles. The fraction of sp³-hybridized carbons (Fsp3) is 0.158. The summed E-state index contributed by atoms with van der Waals surface area (Å²) >= 11 is 1.52. The lowest BCUT2D eigenvalue weighted by Crippen LogP contribution is -2.10. The van der Waals surface area contributed by atoms with E-state index in [1.807, 2.05) is 54.6 Å². The number of thioether (sulfide) groups is 1. The van der Waals surface area contributed by atoms with Gasteiger partial charge in [0.15, 0.2) is 0 Å². The third-order valence-electron chi connectivity index (χ3n) is 3.98. The average Bonchev–Trinajstić information content (AvgIpc) is 3.02. The summed E-state index contributed by atoms with van der Waals surface area (Å²) in [6, 6.07) is 17.0. The molecule has 0 saturated carbocycles. The molecule has 0 spiro atoms. The van der Waals surface area contributed by atoms with Gasteiger partial charge >= 0.3 is 0 Å². The van der Waals surface area contributed by atoms with Crippen LogP contribution in [-0.4, -0.2) is 20.8 Å². The fourth-order valence-electron chi connectivity index (χ4n) is 2.75. The number of aromatic amines is 1. The van der Waals surface area contributed by atoms with E-state index in [1.165, 1.54) is 11.8 Å². The average molecular weight is 352 g/mol. The molecule has 2 N–H and O–H groups in total. The van der Waals surface area contributed by atoms with E-state index < -0.39 is 6.10 Å². The third-order valence-corrected chi connectivity index (χ3v) is 5.01. The van der Waals surface area contributed by atoms with E-state index >= 15 is 0 Å². The normalized spacial score (nSPS) is 12.7. The number of hydrogen-bond donors (Lipinski definition) is 2. The van der Waals surface area contributed by atoms with Crippen molar-refractivity contribution in [1.29, 1.82) is 0 Å². The van der Waals surface area contributed by atoms with Gasteiger partial charge in [0.25, 0.3) is 5.56 Å². The van der Waals surface area contributed by atoms with E-state index in [0.29, 0.717) is 28.4 Å². The highest BCUT2D eigenvalue weighted by atomic mass is 32.2. The van der Waals surface area contributed by atoms with Gasteiger partial charge in [0.05, 0.1) is 11.9 Å². The first-order chi connectivity index (χ1) is 12.2. The molecular formula is C19H16N2O3S. The molecule has 0 aliphatic rings. The van der Waals surface area contributed by atoms with Crippen LogP contribution in [0.2, 0.25) is 0 Å². The smallest absolute Gasteiger partial charge is 0.294 e. The molecule has 0 aliphatic heterocycles. The quantitative estimate of drug-likeness (QED) is 0.573. The zero-order valence-corrected chi connectivity index (χ0v) is 14.1. The van der Waals surface area contributed by atoms with Gasteiger partial charge in [-0.15, -0.1) is 0 Å². The fourth-order valence-corrected chi connectivity index (χ4v) is 3.62. The van der Waals surface area contributed by atoms with Gasteiger partial charge in [0.2, 0.25) is 5.58 Å². The second-order valence-electron chi connectivity index (χ2n) is 5.73. The zero-order valence-electron chi connectivity index (χ0n) is 13.3. The number of para-hydroxylation sites is 1. The summed E-state index contributed by atoms with van der Waals surface area (Å²) in [4.78, 5) is 19.5. The van der Waals surface area contributed by atoms with Crippen molar-refractivity contribution in [3.8, 4) is 0 Å². The van der Waals surface area contributed by atoms with Crippen molar-refractivity contribution in [2.45, 2.75) is 11.9 Å². The van der Waals surface area contributed by atoms with Gasteiger partial charge in [-0.25, -0.2) is 4.98 Å². The highest BCUT2D eigenvalue weighted by molar-refractivity contribution is 7.98. The molecule has 6 heteroatoms. The van der Waals surface area contributed by atoms with E-state index in [9.17, 15) is 9.90 Å². The number of aliphatic hydroxyl groups excluding tert-OH is 1. The van der Waals surface area contributed by atoms with Crippen molar-refractivity contribution in [1.82, 2.24) is 9.97 Å². The first kappa shape index (κ1) is 15.9. The summed E-state index contributed by atoms with van der Waals surface area (Å²) in [5, 5.41) is 11.0. The molecule has 2 heterocycles.